The van der Waals surface area contributed by atoms with Gasteiger partial charge in [-0.05, 0) is 56.2 Å². The third-order valence-corrected chi connectivity index (χ3v) is 4.74. The molecule has 0 radical (unpaired) electrons. The lowest BCUT2D eigenvalue weighted by Crippen LogP contribution is -2.45. The number of carbonyl (C=O) groups excluding carboxylic acids is 1. The SMILES string of the molecule is Cc1cc(OCC(=O)N2CCCC[C@@H]2CCCc2ccccc2)no1. The molecule has 0 saturated carbocycles. The van der Waals surface area contributed by atoms with Gasteiger partial charge in [0.2, 0.25) is 0 Å². The number of carbonyl (C=O) groups is 1. The number of benzene rings is 1. The minimum atomic E-state index is 0.0289. The fourth-order valence-corrected chi connectivity index (χ4v) is 3.45. The van der Waals surface area contributed by atoms with Gasteiger partial charge in [0, 0.05) is 18.7 Å². The first-order valence-electron chi connectivity index (χ1n) is 9.12. The Bertz CT molecular complexity index is 669. The zero-order chi connectivity index (χ0) is 17.5. The molecule has 1 amide bonds. The summed E-state index contributed by atoms with van der Waals surface area (Å²) >= 11 is 0. The largest absolute Gasteiger partial charge is 0.465 e. The lowest BCUT2D eigenvalue weighted by atomic mass is 9.96. The van der Waals surface area contributed by atoms with Gasteiger partial charge in [-0.25, -0.2) is 0 Å². The highest BCUT2D eigenvalue weighted by Gasteiger charge is 2.26. The van der Waals surface area contributed by atoms with Crippen molar-refractivity contribution >= 4 is 5.91 Å². The van der Waals surface area contributed by atoms with Gasteiger partial charge in [-0.15, -0.1) is 0 Å². The van der Waals surface area contributed by atoms with Crippen LogP contribution in [-0.4, -0.2) is 35.2 Å². The maximum absolute atomic E-state index is 12.6. The van der Waals surface area contributed by atoms with Gasteiger partial charge in [-0.3, -0.25) is 4.79 Å². The lowest BCUT2D eigenvalue weighted by Gasteiger charge is -2.35. The Morgan fingerprint density at radius 1 is 1.32 bits per heavy atom. The third kappa shape index (κ3) is 5.08. The van der Waals surface area contributed by atoms with Crippen LogP contribution in [0.15, 0.2) is 40.9 Å². The van der Waals surface area contributed by atoms with E-state index in [2.05, 4.69) is 29.4 Å². The molecule has 1 aromatic carbocycles. The average molecular weight is 342 g/mol. The summed E-state index contributed by atoms with van der Waals surface area (Å²) in [5.74, 6) is 1.10. The molecule has 1 aliphatic rings. The van der Waals surface area contributed by atoms with Crippen LogP contribution in [0.2, 0.25) is 0 Å². The predicted octanol–water partition coefficient (Wildman–Crippen LogP) is 3.77. The van der Waals surface area contributed by atoms with Crippen LogP contribution in [0.1, 0.15) is 43.4 Å². The quantitative estimate of drug-likeness (QED) is 0.769. The minimum Gasteiger partial charge on any atom is -0.465 e. The van der Waals surface area contributed by atoms with E-state index in [1.165, 1.54) is 12.0 Å². The van der Waals surface area contributed by atoms with Crippen molar-refractivity contribution in [3.63, 3.8) is 0 Å². The molecule has 2 heterocycles. The Labute approximate surface area is 148 Å². The summed E-state index contributed by atoms with van der Waals surface area (Å²) in [4.78, 5) is 14.6. The number of rotatable bonds is 7. The van der Waals surface area contributed by atoms with E-state index in [0.29, 0.717) is 17.7 Å². The molecule has 1 aromatic heterocycles. The first kappa shape index (κ1) is 17.5. The van der Waals surface area contributed by atoms with E-state index < -0.39 is 0 Å². The number of ether oxygens (including phenoxy) is 1. The standard InChI is InChI=1S/C20H26N2O3/c1-16-14-19(21-25-16)24-15-20(23)22-13-6-5-11-18(22)12-7-10-17-8-3-2-4-9-17/h2-4,8-9,14,18H,5-7,10-13,15H2,1H3/t18-/m1/s1. The Balaban J connectivity index is 1.48. The smallest absolute Gasteiger partial charge is 0.260 e. The summed E-state index contributed by atoms with van der Waals surface area (Å²) in [6.45, 7) is 2.66. The topological polar surface area (TPSA) is 55.6 Å². The predicted molar refractivity (Wildman–Crippen MR) is 95.5 cm³/mol. The molecule has 0 unspecified atom stereocenters. The van der Waals surface area contributed by atoms with Gasteiger partial charge in [0.25, 0.3) is 11.8 Å². The van der Waals surface area contributed by atoms with Crippen LogP contribution in [0.4, 0.5) is 0 Å². The molecular formula is C20H26N2O3. The summed E-state index contributed by atoms with van der Waals surface area (Å²) in [7, 11) is 0. The second kappa shape index (κ2) is 8.70. The van der Waals surface area contributed by atoms with Crippen LogP contribution in [0.5, 0.6) is 5.88 Å². The summed E-state index contributed by atoms with van der Waals surface area (Å²) < 4.78 is 10.4. The van der Waals surface area contributed by atoms with E-state index in [1.807, 2.05) is 11.0 Å². The highest BCUT2D eigenvalue weighted by atomic mass is 16.5. The molecule has 134 valence electrons. The summed E-state index contributed by atoms with van der Waals surface area (Å²) in [6, 6.07) is 12.5. The van der Waals surface area contributed by atoms with Crippen molar-refractivity contribution in [2.24, 2.45) is 0 Å². The van der Waals surface area contributed by atoms with Crippen molar-refractivity contribution in [3.05, 3.63) is 47.7 Å². The monoisotopic (exact) mass is 342 g/mol. The highest BCUT2D eigenvalue weighted by molar-refractivity contribution is 5.78. The molecule has 0 aliphatic carbocycles. The zero-order valence-electron chi connectivity index (χ0n) is 14.8. The fourth-order valence-electron chi connectivity index (χ4n) is 3.45. The molecule has 5 heteroatoms. The number of hydrogen-bond acceptors (Lipinski definition) is 4. The van der Waals surface area contributed by atoms with Gasteiger partial charge in [0.1, 0.15) is 5.76 Å². The summed E-state index contributed by atoms with van der Waals surface area (Å²) in [6.07, 6.45) is 6.57. The number of hydrogen-bond donors (Lipinski definition) is 0. The molecular weight excluding hydrogens is 316 g/mol. The van der Waals surface area contributed by atoms with Crippen molar-refractivity contribution in [3.8, 4) is 5.88 Å². The van der Waals surface area contributed by atoms with Gasteiger partial charge in [-0.2, -0.15) is 0 Å². The van der Waals surface area contributed by atoms with Crippen molar-refractivity contribution < 1.29 is 14.1 Å². The van der Waals surface area contributed by atoms with E-state index in [0.717, 1.165) is 38.6 Å². The Morgan fingerprint density at radius 2 is 2.16 bits per heavy atom. The zero-order valence-corrected chi connectivity index (χ0v) is 14.8. The van der Waals surface area contributed by atoms with E-state index in [-0.39, 0.29) is 12.5 Å². The Morgan fingerprint density at radius 3 is 2.92 bits per heavy atom. The van der Waals surface area contributed by atoms with Crippen molar-refractivity contribution in [1.29, 1.82) is 0 Å². The van der Waals surface area contributed by atoms with E-state index in [1.54, 1.807) is 13.0 Å². The maximum atomic E-state index is 12.6. The first-order chi connectivity index (χ1) is 12.2. The number of piperidine rings is 1. The molecule has 0 N–H and O–H groups in total. The molecule has 25 heavy (non-hydrogen) atoms. The third-order valence-electron chi connectivity index (χ3n) is 4.74. The number of aryl methyl sites for hydroxylation is 2. The van der Waals surface area contributed by atoms with Crippen LogP contribution < -0.4 is 4.74 Å². The van der Waals surface area contributed by atoms with Gasteiger partial charge in [-0.1, -0.05) is 30.3 Å². The van der Waals surface area contributed by atoms with Crippen molar-refractivity contribution in [2.75, 3.05) is 13.2 Å². The molecule has 3 rings (SSSR count). The van der Waals surface area contributed by atoms with Crippen LogP contribution in [0, 0.1) is 6.92 Å². The van der Waals surface area contributed by atoms with Gasteiger partial charge >= 0.3 is 0 Å². The molecule has 1 fully saturated rings. The molecule has 2 aromatic rings. The molecule has 5 nitrogen and oxygen atoms in total. The normalized spacial score (nSPS) is 17.5. The number of nitrogens with zero attached hydrogens (tertiary/aromatic N) is 2. The lowest BCUT2D eigenvalue weighted by molar-refractivity contribution is -0.137. The van der Waals surface area contributed by atoms with Crippen LogP contribution >= 0.6 is 0 Å². The number of aromatic nitrogens is 1. The minimum absolute atomic E-state index is 0.0289. The van der Waals surface area contributed by atoms with Crippen molar-refractivity contribution in [1.82, 2.24) is 10.1 Å². The molecule has 1 atom stereocenters. The van der Waals surface area contributed by atoms with Gasteiger partial charge in [0.05, 0.1) is 0 Å². The average Bonchev–Trinajstić information content (AvgIpc) is 3.06. The molecule has 0 bridgehead atoms. The van der Waals surface area contributed by atoms with E-state index in [4.69, 9.17) is 9.26 Å². The summed E-state index contributed by atoms with van der Waals surface area (Å²) in [5, 5.41) is 3.77. The van der Waals surface area contributed by atoms with Gasteiger partial charge < -0.3 is 14.2 Å². The van der Waals surface area contributed by atoms with E-state index in [9.17, 15) is 4.79 Å². The number of likely N-dealkylation sites (tertiary alicyclic amines) is 1. The molecule has 1 aliphatic heterocycles. The molecule has 1 saturated heterocycles. The Kier molecular flexibility index (Phi) is 6.09. The second-order valence-electron chi connectivity index (χ2n) is 6.68. The highest BCUT2D eigenvalue weighted by Crippen LogP contribution is 2.22. The van der Waals surface area contributed by atoms with Crippen LogP contribution in [0.25, 0.3) is 0 Å². The number of amides is 1. The van der Waals surface area contributed by atoms with E-state index >= 15 is 0 Å². The maximum Gasteiger partial charge on any atom is 0.260 e. The first-order valence-corrected chi connectivity index (χ1v) is 9.12. The summed E-state index contributed by atoms with van der Waals surface area (Å²) in [5.41, 5.74) is 1.36. The van der Waals surface area contributed by atoms with Crippen LogP contribution in [0.3, 0.4) is 0 Å². The molecule has 0 spiro atoms. The second-order valence-corrected chi connectivity index (χ2v) is 6.68. The van der Waals surface area contributed by atoms with Crippen LogP contribution in [-0.2, 0) is 11.2 Å². The fraction of sp³-hybridized carbons (Fsp3) is 0.500. The Hall–Kier alpha value is -2.30. The van der Waals surface area contributed by atoms with Crippen molar-refractivity contribution in [2.45, 2.75) is 51.5 Å². The van der Waals surface area contributed by atoms with Gasteiger partial charge in [0.15, 0.2) is 6.61 Å².